The predicted molar refractivity (Wildman–Crippen MR) is 126 cm³/mol. The van der Waals surface area contributed by atoms with Gasteiger partial charge in [0.15, 0.2) is 10.6 Å². The Hall–Kier alpha value is -2.82. The van der Waals surface area contributed by atoms with E-state index in [4.69, 9.17) is 12.2 Å². The number of sulfonamides is 1. The fourth-order valence-electron chi connectivity index (χ4n) is 3.15. The van der Waals surface area contributed by atoms with Gasteiger partial charge < -0.3 is 5.32 Å². The van der Waals surface area contributed by atoms with Crippen molar-refractivity contribution in [3.05, 3.63) is 64.4 Å². The highest BCUT2D eigenvalue weighted by atomic mass is 32.2. The number of aromatic amines is 1. The summed E-state index contributed by atoms with van der Waals surface area (Å²) in [6, 6.07) is 14.2. The van der Waals surface area contributed by atoms with Gasteiger partial charge in [-0.3, -0.25) is 14.5 Å². The van der Waals surface area contributed by atoms with E-state index in [2.05, 4.69) is 20.2 Å². The number of rotatable bonds is 9. The first-order valence-corrected chi connectivity index (χ1v) is 12.1. The molecule has 2 aromatic carbocycles. The van der Waals surface area contributed by atoms with E-state index in [-0.39, 0.29) is 29.8 Å². The molecule has 1 amide bonds. The molecule has 1 heterocycles. The van der Waals surface area contributed by atoms with E-state index >= 15 is 0 Å². The molecule has 3 rings (SSSR count). The molecule has 3 N–H and O–H groups in total. The Labute approximate surface area is 193 Å². The SMILES string of the molecule is Cc1ccc(-c2n[nH]c(=S)n2CCC(=O)NCc2cccc(S(=O)(=O)NC(C)C)c2)cc1. The highest BCUT2D eigenvalue weighted by molar-refractivity contribution is 7.89. The van der Waals surface area contributed by atoms with Gasteiger partial charge in [-0.15, -0.1) is 0 Å². The van der Waals surface area contributed by atoms with Gasteiger partial charge in [-0.05, 0) is 50.7 Å². The maximum atomic E-state index is 12.4. The minimum Gasteiger partial charge on any atom is -0.352 e. The molecule has 32 heavy (non-hydrogen) atoms. The van der Waals surface area contributed by atoms with Crippen LogP contribution in [0, 0.1) is 11.7 Å². The van der Waals surface area contributed by atoms with Crippen LogP contribution < -0.4 is 10.0 Å². The molecule has 3 aromatic rings. The van der Waals surface area contributed by atoms with Crippen LogP contribution in [-0.4, -0.2) is 35.1 Å². The Morgan fingerprint density at radius 2 is 1.91 bits per heavy atom. The summed E-state index contributed by atoms with van der Waals surface area (Å²) in [6.07, 6.45) is 0.208. The predicted octanol–water partition coefficient (Wildman–Crippen LogP) is 3.31. The molecule has 0 bridgehead atoms. The van der Waals surface area contributed by atoms with Crippen molar-refractivity contribution in [3.63, 3.8) is 0 Å². The number of nitrogens with zero attached hydrogens (tertiary/aromatic N) is 2. The van der Waals surface area contributed by atoms with Gasteiger partial charge in [0.2, 0.25) is 15.9 Å². The summed E-state index contributed by atoms with van der Waals surface area (Å²) in [6.45, 7) is 6.13. The average Bonchev–Trinajstić information content (AvgIpc) is 3.11. The Balaban J connectivity index is 1.61. The number of aryl methyl sites for hydroxylation is 1. The summed E-state index contributed by atoms with van der Waals surface area (Å²) in [5.74, 6) is 0.509. The van der Waals surface area contributed by atoms with Crippen molar-refractivity contribution < 1.29 is 13.2 Å². The summed E-state index contributed by atoms with van der Waals surface area (Å²) >= 11 is 5.32. The molecule has 0 aliphatic rings. The van der Waals surface area contributed by atoms with Gasteiger partial charge in [0, 0.05) is 31.1 Å². The lowest BCUT2D eigenvalue weighted by molar-refractivity contribution is -0.121. The van der Waals surface area contributed by atoms with E-state index in [0.29, 0.717) is 22.7 Å². The van der Waals surface area contributed by atoms with E-state index < -0.39 is 10.0 Å². The van der Waals surface area contributed by atoms with Crippen LogP contribution in [0.3, 0.4) is 0 Å². The lowest BCUT2D eigenvalue weighted by Gasteiger charge is -2.11. The number of carbonyl (C=O) groups is 1. The van der Waals surface area contributed by atoms with Crippen molar-refractivity contribution in [1.82, 2.24) is 24.8 Å². The molecule has 0 unspecified atom stereocenters. The largest absolute Gasteiger partial charge is 0.352 e. The Bertz CT molecular complexity index is 1250. The maximum absolute atomic E-state index is 12.4. The van der Waals surface area contributed by atoms with Crippen LogP contribution in [0.5, 0.6) is 0 Å². The van der Waals surface area contributed by atoms with E-state index in [1.165, 1.54) is 6.07 Å². The molecule has 0 atom stereocenters. The highest BCUT2D eigenvalue weighted by Gasteiger charge is 2.16. The third-order valence-electron chi connectivity index (χ3n) is 4.72. The second-order valence-electron chi connectivity index (χ2n) is 7.82. The number of carbonyl (C=O) groups excluding carboxylic acids is 1. The van der Waals surface area contributed by atoms with Crippen molar-refractivity contribution in [2.75, 3.05) is 0 Å². The summed E-state index contributed by atoms with van der Waals surface area (Å²) in [4.78, 5) is 12.6. The van der Waals surface area contributed by atoms with Crippen LogP contribution in [-0.2, 0) is 27.9 Å². The molecule has 0 fully saturated rings. The first kappa shape index (κ1) is 23.8. The van der Waals surface area contributed by atoms with Crippen molar-refractivity contribution in [3.8, 4) is 11.4 Å². The smallest absolute Gasteiger partial charge is 0.240 e. The van der Waals surface area contributed by atoms with Crippen LogP contribution >= 0.6 is 12.2 Å². The third-order valence-corrected chi connectivity index (χ3v) is 6.69. The van der Waals surface area contributed by atoms with Crippen LogP contribution in [0.4, 0.5) is 0 Å². The number of amides is 1. The van der Waals surface area contributed by atoms with Gasteiger partial charge in [0.25, 0.3) is 0 Å². The first-order chi connectivity index (χ1) is 15.2. The fourth-order valence-corrected chi connectivity index (χ4v) is 4.70. The van der Waals surface area contributed by atoms with Crippen molar-refractivity contribution >= 4 is 28.1 Å². The zero-order valence-electron chi connectivity index (χ0n) is 18.3. The topological polar surface area (TPSA) is 109 Å². The standard InChI is InChI=1S/C22H27N5O3S2/c1-15(2)26-32(29,30)19-6-4-5-17(13-19)14-23-20(28)11-12-27-21(24-25-22(27)31)18-9-7-16(3)8-10-18/h4-10,13,15,26H,11-12,14H2,1-3H3,(H,23,28)(H,25,31). The van der Waals surface area contributed by atoms with Gasteiger partial charge >= 0.3 is 0 Å². The minimum absolute atomic E-state index is 0.170. The molecule has 0 saturated carbocycles. The molecule has 1 aromatic heterocycles. The van der Waals surface area contributed by atoms with Gasteiger partial charge in [0.05, 0.1) is 4.90 Å². The summed E-state index contributed by atoms with van der Waals surface area (Å²) in [5, 5.41) is 9.91. The van der Waals surface area contributed by atoms with Crippen LogP contribution in [0.25, 0.3) is 11.4 Å². The molecule has 10 heteroatoms. The molecule has 0 spiro atoms. The normalized spacial score (nSPS) is 11.6. The van der Waals surface area contributed by atoms with Crippen LogP contribution in [0.2, 0.25) is 0 Å². The van der Waals surface area contributed by atoms with Crippen LogP contribution in [0.15, 0.2) is 53.4 Å². The van der Waals surface area contributed by atoms with E-state index in [1.54, 1.807) is 36.6 Å². The van der Waals surface area contributed by atoms with Gasteiger partial charge in [-0.1, -0.05) is 42.0 Å². The van der Waals surface area contributed by atoms with Gasteiger partial charge in [-0.2, -0.15) is 5.10 Å². The number of aromatic nitrogens is 3. The van der Waals surface area contributed by atoms with Crippen molar-refractivity contribution in [2.24, 2.45) is 0 Å². The second kappa shape index (κ2) is 10.2. The van der Waals surface area contributed by atoms with Crippen molar-refractivity contribution in [2.45, 2.75) is 51.2 Å². The Morgan fingerprint density at radius 3 is 2.59 bits per heavy atom. The second-order valence-corrected chi connectivity index (χ2v) is 9.92. The number of benzene rings is 2. The average molecular weight is 474 g/mol. The van der Waals surface area contributed by atoms with E-state index in [1.807, 2.05) is 31.2 Å². The number of hydrogen-bond donors (Lipinski definition) is 3. The highest BCUT2D eigenvalue weighted by Crippen LogP contribution is 2.18. The number of nitrogens with one attached hydrogen (secondary N) is 3. The Morgan fingerprint density at radius 1 is 1.19 bits per heavy atom. The molecule has 0 aliphatic carbocycles. The van der Waals surface area contributed by atoms with E-state index in [9.17, 15) is 13.2 Å². The molecule has 170 valence electrons. The number of H-pyrrole nitrogens is 1. The van der Waals surface area contributed by atoms with Gasteiger partial charge in [0.1, 0.15) is 0 Å². The molecular weight excluding hydrogens is 446 g/mol. The zero-order chi connectivity index (χ0) is 23.3. The zero-order valence-corrected chi connectivity index (χ0v) is 19.9. The first-order valence-electron chi connectivity index (χ1n) is 10.3. The van der Waals surface area contributed by atoms with Crippen molar-refractivity contribution in [1.29, 1.82) is 0 Å². The maximum Gasteiger partial charge on any atom is 0.240 e. The van der Waals surface area contributed by atoms with Crippen LogP contribution in [0.1, 0.15) is 31.4 Å². The summed E-state index contributed by atoms with van der Waals surface area (Å²) < 4.78 is 29.5. The lowest BCUT2D eigenvalue weighted by Crippen LogP contribution is -2.30. The summed E-state index contributed by atoms with van der Waals surface area (Å²) in [7, 11) is -3.59. The number of hydrogen-bond acceptors (Lipinski definition) is 5. The van der Waals surface area contributed by atoms with Gasteiger partial charge in [-0.25, -0.2) is 13.1 Å². The molecule has 0 aliphatic heterocycles. The fraction of sp³-hybridized carbons (Fsp3) is 0.318. The quantitative estimate of drug-likeness (QED) is 0.413. The molecule has 8 nitrogen and oxygen atoms in total. The molecule has 0 radical (unpaired) electrons. The lowest BCUT2D eigenvalue weighted by atomic mass is 10.1. The Kier molecular flexibility index (Phi) is 7.60. The van der Waals surface area contributed by atoms with E-state index in [0.717, 1.165) is 11.1 Å². The minimum atomic E-state index is -3.59. The summed E-state index contributed by atoms with van der Waals surface area (Å²) in [5.41, 5.74) is 2.76. The molecule has 0 saturated heterocycles. The molecular formula is C22H27N5O3S2. The third kappa shape index (κ3) is 6.12. The monoisotopic (exact) mass is 473 g/mol.